The van der Waals surface area contributed by atoms with Crippen molar-refractivity contribution in [2.75, 3.05) is 26.4 Å². The minimum absolute atomic E-state index is 0.0639. The van der Waals surface area contributed by atoms with Gasteiger partial charge >= 0.3 is 0 Å². The first-order valence-corrected chi connectivity index (χ1v) is 11.2. The third-order valence-corrected chi connectivity index (χ3v) is 7.29. The van der Waals surface area contributed by atoms with Crippen LogP contribution in [0.15, 0.2) is 48.7 Å². The maximum Gasteiger partial charge on any atom is 0.0945 e. The lowest BCUT2D eigenvalue weighted by Crippen LogP contribution is -2.49. The van der Waals surface area contributed by atoms with Crippen LogP contribution < -0.4 is 5.32 Å². The van der Waals surface area contributed by atoms with Crippen LogP contribution in [0.1, 0.15) is 61.4 Å². The van der Waals surface area contributed by atoms with Gasteiger partial charge in [0.25, 0.3) is 0 Å². The Labute approximate surface area is 174 Å². The number of hydrogen-bond acceptors (Lipinski definition) is 4. The van der Waals surface area contributed by atoms with Crippen LogP contribution in [0, 0.1) is 0 Å². The van der Waals surface area contributed by atoms with Gasteiger partial charge in [0.1, 0.15) is 0 Å². The Balaban J connectivity index is 1.34. The van der Waals surface area contributed by atoms with Gasteiger partial charge in [-0.2, -0.15) is 0 Å². The molecule has 3 heterocycles. The van der Waals surface area contributed by atoms with E-state index in [2.05, 4.69) is 41.7 Å². The summed E-state index contributed by atoms with van der Waals surface area (Å²) in [5, 5.41) is 3.90. The van der Waals surface area contributed by atoms with E-state index in [0.717, 1.165) is 52.0 Å². The number of nitrogens with zero attached hydrogens (tertiary/aromatic N) is 1. The van der Waals surface area contributed by atoms with E-state index < -0.39 is 0 Å². The van der Waals surface area contributed by atoms with E-state index >= 15 is 0 Å². The monoisotopic (exact) mass is 392 g/mol. The van der Waals surface area contributed by atoms with E-state index in [1.54, 1.807) is 0 Å². The Morgan fingerprint density at radius 3 is 2.86 bits per heavy atom. The zero-order valence-electron chi connectivity index (χ0n) is 17.2. The molecule has 1 spiro atoms. The first kappa shape index (κ1) is 19.2. The number of aryl methyl sites for hydroxylation is 1. The van der Waals surface area contributed by atoms with Gasteiger partial charge in [0.2, 0.25) is 0 Å². The molecule has 4 heteroatoms. The number of nitrogens with one attached hydrogen (secondary N) is 1. The molecule has 0 radical (unpaired) electrons. The zero-order chi connectivity index (χ0) is 19.6. The quantitative estimate of drug-likeness (QED) is 0.822. The largest absolute Gasteiger partial charge is 0.378 e. The fraction of sp³-hybridized carbons (Fsp3) is 0.560. The molecule has 2 aromatic rings. The zero-order valence-corrected chi connectivity index (χ0v) is 17.2. The number of fused-ring (bicyclic) bond motifs is 1. The molecule has 154 valence electrons. The lowest BCUT2D eigenvalue weighted by atomic mass is 9.68. The molecule has 1 aromatic heterocycles. The fourth-order valence-corrected chi connectivity index (χ4v) is 5.75. The van der Waals surface area contributed by atoms with Gasteiger partial charge in [-0.1, -0.05) is 30.3 Å². The van der Waals surface area contributed by atoms with Crippen molar-refractivity contribution in [3.63, 3.8) is 0 Å². The molecule has 0 saturated carbocycles. The molecule has 5 rings (SSSR count). The summed E-state index contributed by atoms with van der Waals surface area (Å²) in [5.74, 6) is 0. The van der Waals surface area contributed by atoms with Gasteiger partial charge in [0, 0.05) is 43.0 Å². The summed E-state index contributed by atoms with van der Waals surface area (Å²) < 4.78 is 12.0. The predicted octanol–water partition coefficient (Wildman–Crippen LogP) is 4.35. The van der Waals surface area contributed by atoms with Crippen LogP contribution in [-0.2, 0) is 21.3 Å². The number of hydrogen-bond donors (Lipinski definition) is 1. The van der Waals surface area contributed by atoms with Crippen LogP contribution in [-0.4, -0.2) is 37.0 Å². The Morgan fingerprint density at radius 1 is 1.07 bits per heavy atom. The lowest BCUT2D eigenvalue weighted by molar-refractivity contribution is -0.109. The van der Waals surface area contributed by atoms with Crippen molar-refractivity contribution in [3.05, 3.63) is 65.5 Å². The third-order valence-electron chi connectivity index (χ3n) is 7.29. The molecule has 1 aliphatic carbocycles. The summed E-state index contributed by atoms with van der Waals surface area (Å²) in [4.78, 5) is 4.81. The molecule has 1 aromatic carbocycles. The highest BCUT2D eigenvalue weighted by atomic mass is 16.6. The van der Waals surface area contributed by atoms with Crippen LogP contribution in [0.25, 0.3) is 0 Å². The van der Waals surface area contributed by atoms with Gasteiger partial charge in [0.15, 0.2) is 0 Å². The van der Waals surface area contributed by atoms with E-state index in [9.17, 15) is 0 Å². The third kappa shape index (κ3) is 3.86. The molecular formula is C25H32N2O2. The van der Waals surface area contributed by atoms with Crippen molar-refractivity contribution in [2.45, 2.75) is 62.0 Å². The summed E-state index contributed by atoms with van der Waals surface area (Å²) in [6, 6.07) is 15.8. The molecule has 2 aliphatic heterocycles. The molecule has 0 amide bonds. The van der Waals surface area contributed by atoms with Gasteiger partial charge < -0.3 is 14.8 Å². The van der Waals surface area contributed by atoms with Gasteiger partial charge in [-0.25, -0.2) is 0 Å². The Morgan fingerprint density at radius 2 is 2.00 bits per heavy atom. The molecular weight excluding hydrogens is 360 g/mol. The SMILES string of the molecule is c1ccc(C2(CCNC3CCCc4ccccc43)CCOC3(CCOC3)C2)nc1. The van der Waals surface area contributed by atoms with Gasteiger partial charge in [-0.15, -0.1) is 0 Å². The maximum absolute atomic E-state index is 6.27. The number of aromatic nitrogens is 1. The van der Waals surface area contributed by atoms with Crippen LogP contribution >= 0.6 is 0 Å². The van der Waals surface area contributed by atoms with Crippen LogP contribution in [0.5, 0.6) is 0 Å². The topological polar surface area (TPSA) is 43.4 Å². The van der Waals surface area contributed by atoms with E-state index in [4.69, 9.17) is 14.5 Å². The van der Waals surface area contributed by atoms with Gasteiger partial charge in [-0.05, 0) is 68.3 Å². The predicted molar refractivity (Wildman–Crippen MR) is 114 cm³/mol. The summed E-state index contributed by atoms with van der Waals surface area (Å²) in [7, 11) is 0. The first-order chi connectivity index (χ1) is 14.3. The highest BCUT2D eigenvalue weighted by molar-refractivity contribution is 5.32. The molecule has 0 bridgehead atoms. The number of ether oxygens (including phenoxy) is 2. The molecule has 4 nitrogen and oxygen atoms in total. The molecule has 3 atom stereocenters. The summed E-state index contributed by atoms with van der Waals surface area (Å²) in [6.07, 6.45) is 9.80. The Kier molecular flexibility index (Phi) is 5.42. The van der Waals surface area contributed by atoms with Crippen LogP contribution in [0.3, 0.4) is 0 Å². The smallest absolute Gasteiger partial charge is 0.0945 e. The molecule has 3 unspecified atom stereocenters. The lowest BCUT2D eigenvalue weighted by Gasteiger charge is -2.46. The number of rotatable bonds is 5. The molecule has 2 fully saturated rings. The van der Waals surface area contributed by atoms with Crippen molar-refractivity contribution >= 4 is 0 Å². The minimum atomic E-state index is -0.118. The Bertz CT molecular complexity index is 819. The first-order valence-electron chi connectivity index (χ1n) is 11.2. The second-order valence-electron chi connectivity index (χ2n) is 9.10. The van der Waals surface area contributed by atoms with Crippen molar-refractivity contribution in [3.8, 4) is 0 Å². The number of pyridine rings is 1. The number of benzene rings is 1. The van der Waals surface area contributed by atoms with E-state index in [0.29, 0.717) is 6.04 Å². The second-order valence-corrected chi connectivity index (χ2v) is 9.10. The highest BCUT2D eigenvalue weighted by Gasteiger charge is 2.49. The fourth-order valence-electron chi connectivity index (χ4n) is 5.75. The average Bonchev–Trinajstić information content (AvgIpc) is 3.22. The highest BCUT2D eigenvalue weighted by Crippen LogP contribution is 2.46. The van der Waals surface area contributed by atoms with Crippen molar-refractivity contribution in [2.24, 2.45) is 0 Å². The second kappa shape index (κ2) is 8.17. The average molecular weight is 393 g/mol. The molecule has 1 N–H and O–H groups in total. The molecule has 29 heavy (non-hydrogen) atoms. The van der Waals surface area contributed by atoms with E-state index in [1.165, 1.54) is 36.1 Å². The van der Waals surface area contributed by atoms with Crippen molar-refractivity contribution in [1.29, 1.82) is 0 Å². The Hall–Kier alpha value is -1.75. The molecule has 2 saturated heterocycles. The minimum Gasteiger partial charge on any atom is -0.378 e. The van der Waals surface area contributed by atoms with Crippen LogP contribution in [0.4, 0.5) is 0 Å². The van der Waals surface area contributed by atoms with Crippen LogP contribution in [0.2, 0.25) is 0 Å². The summed E-state index contributed by atoms with van der Waals surface area (Å²) >= 11 is 0. The van der Waals surface area contributed by atoms with E-state index in [-0.39, 0.29) is 11.0 Å². The summed E-state index contributed by atoms with van der Waals surface area (Å²) in [5.41, 5.74) is 4.18. The van der Waals surface area contributed by atoms with Gasteiger partial charge in [0.05, 0.1) is 12.2 Å². The molecule has 3 aliphatic rings. The van der Waals surface area contributed by atoms with E-state index in [1.807, 2.05) is 12.3 Å². The standard InChI is InChI=1S/C25H32N2O2/c1-2-8-21-20(6-1)7-5-9-22(21)26-15-11-24(23-10-3-4-14-27-23)12-17-29-25(18-24)13-16-28-19-25/h1-4,6,8,10,14,22,26H,5,7,9,11-13,15-19H2. The van der Waals surface area contributed by atoms with Gasteiger partial charge in [-0.3, -0.25) is 4.98 Å². The maximum atomic E-state index is 6.27. The van der Waals surface area contributed by atoms with Crippen molar-refractivity contribution < 1.29 is 9.47 Å². The normalized spacial score (nSPS) is 31.7. The summed E-state index contributed by atoms with van der Waals surface area (Å²) in [6.45, 7) is 3.35. The van der Waals surface area contributed by atoms with Crippen molar-refractivity contribution in [1.82, 2.24) is 10.3 Å².